The van der Waals surface area contributed by atoms with Crippen LogP contribution >= 0.6 is 0 Å². The third-order valence-electron chi connectivity index (χ3n) is 3.44. The summed E-state index contributed by atoms with van der Waals surface area (Å²) in [4.78, 5) is 11.8. The lowest BCUT2D eigenvalue weighted by molar-refractivity contribution is -0.119. The van der Waals surface area contributed by atoms with Crippen molar-refractivity contribution in [3.63, 3.8) is 0 Å². The monoisotopic (exact) mass is 220 g/mol. The van der Waals surface area contributed by atoms with E-state index >= 15 is 0 Å². The van der Waals surface area contributed by atoms with E-state index in [4.69, 9.17) is 4.42 Å². The fraction of sp³-hybridized carbons (Fsp3) is 0.643. The van der Waals surface area contributed by atoms with Crippen molar-refractivity contribution in [3.8, 4) is 0 Å². The third kappa shape index (κ3) is 3.51. The summed E-state index contributed by atoms with van der Waals surface area (Å²) >= 11 is 0. The maximum Gasteiger partial charge on any atom is 0.140 e. The first kappa shape index (κ1) is 11.4. The zero-order valence-electron chi connectivity index (χ0n) is 9.78. The molecule has 0 bridgehead atoms. The van der Waals surface area contributed by atoms with Crippen molar-refractivity contribution in [2.24, 2.45) is 5.92 Å². The number of hydrogen-bond donors (Lipinski definition) is 0. The minimum absolute atomic E-state index is 0.335. The Kier molecular flexibility index (Phi) is 4.20. The van der Waals surface area contributed by atoms with Gasteiger partial charge in [-0.1, -0.05) is 38.5 Å². The maximum atomic E-state index is 11.8. The van der Waals surface area contributed by atoms with E-state index in [1.54, 1.807) is 6.26 Å². The lowest BCUT2D eigenvalue weighted by Gasteiger charge is -2.11. The van der Waals surface area contributed by atoms with E-state index in [1.165, 1.54) is 38.5 Å². The van der Waals surface area contributed by atoms with E-state index in [-0.39, 0.29) is 0 Å². The van der Waals surface area contributed by atoms with Gasteiger partial charge in [0.25, 0.3) is 0 Å². The SMILES string of the molecule is O=C(Cc1ccco1)CC1CCCCCC1. The summed E-state index contributed by atoms with van der Waals surface area (Å²) < 4.78 is 5.20. The van der Waals surface area contributed by atoms with Crippen molar-refractivity contribution in [3.05, 3.63) is 24.2 Å². The normalized spacial score (nSPS) is 18.2. The van der Waals surface area contributed by atoms with Crippen LogP contribution in [0.15, 0.2) is 22.8 Å². The molecule has 0 saturated heterocycles. The van der Waals surface area contributed by atoms with Crippen molar-refractivity contribution >= 4 is 5.78 Å². The molecule has 2 nitrogen and oxygen atoms in total. The number of furan rings is 1. The summed E-state index contributed by atoms with van der Waals surface area (Å²) in [6.07, 6.45) is 10.6. The Morgan fingerprint density at radius 1 is 1.25 bits per heavy atom. The highest BCUT2D eigenvalue weighted by Gasteiger charge is 2.16. The molecule has 2 rings (SSSR count). The second kappa shape index (κ2) is 5.88. The highest BCUT2D eigenvalue weighted by Crippen LogP contribution is 2.25. The Labute approximate surface area is 97.0 Å². The molecular weight excluding hydrogens is 200 g/mol. The molecule has 1 aliphatic carbocycles. The van der Waals surface area contributed by atoms with Crippen LogP contribution in [-0.2, 0) is 11.2 Å². The van der Waals surface area contributed by atoms with Gasteiger partial charge in [-0.2, -0.15) is 0 Å². The second-order valence-electron chi connectivity index (χ2n) is 4.86. The standard InChI is InChI=1S/C14H20O2/c15-13(11-14-8-5-9-16-14)10-12-6-3-1-2-4-7-12/h5,8-9,12H,1-4,6-7,10-11H2. The molecule has 1 aromatic rings. The van der Waals surface area contributed by atoms with Crippen LogP contribution in [0.1, 0.15) is 50.7 Å². The van der Waals surface area contributed by atoms with Crippen LogP contribution in [0, 0.1) is 5.92 Å². The molecule has 0 N–H and O–H groups in total. The van der Waals surface area contributed by atoms with Crippen molar-refractivity contribution < 1.29 is 9.21 Å². The minimum Gasteiger partial charge on any atom is -0.469 e. The minimum atomic E-state index is 0.335. The first-order chi connectivity index (χ1) is 7.84. The second-order valence-corrected chi connectivity index (χ2v) is 4.86. The maximum absolute atomic E-state index is 11.8. The fourth-order valence-corrected chi connectivity index (χ4v) is 2.57. The molecule has 2 heteroatoms. The summed E-state index contributed by atoms with van der Waals surface area (Å²) in [7, 11) is 0. The van der Waals surface area contributed by atoms with E-state index < -0.39 is 0 Å². The topological polar surface area (TPSA) is 30.2 Å². The van der Waals surface area contributed by atoms with Crippen molar-refractivity contribution in [1.29, 1.82) is 0 Å². The van der Waals surface area contributed by atoms with Crippen molar-refractivity contribution in [2.45, 2.75) is 51.4 Å². The molecular formula is C14H20O2. The molecule has 1 saturated carbocycles. The quantitative estimate of drug-likeness (QED) is 0.723. The highest BCUT2D eigenvalue weighted by molar-refractivity contribution is 5.80. The van der Waals surface area contributed by atoms with Gasteiger partial charge in [0.1, 0.15) is 11.5 Å². The van der Waals surface area contributed by atoms with Gasteiger partial charge in [-0.3, -0.25) is 4.79 Å². The predicted octanol–water partition coefficient (Wildman–Crippen LogP) is 3.75. The molecule has 1 aromatic heterocycles. The zero-order chi connectivity index (χ0) is 11.2. The van der Waals surface area contributed by atoms with Gasteiger partial charge >= 0.3 is 0 Å². The zero-order valence-corrected chi connectivity index (χ0v) is 9.78. The first-order valence-corrected chi connectivity index (χ1v) is 6.38. The van der Waals surface area contributed by atoms with Gasteiger partial charge in [-0.15, -0.1) is 0 Å². The largest absolute Gasteiger partial charge is 0.469 e. The molecule has 1 fully saturated rings. The number of hydrogen-bond acceptors (Lipinski definition) is 2. The predicted molar refractivity (Wildman–Crippen MR) is 63.2 cm³/mol. The smallest absolute Gasteiger partial charge is 0.140 e. The number of rotatable bonds is 4. The molecule has 0 atom stereocenters. The van der Waals surface area contributed by atoms with E-state index in [9.17, 15) is 4.79 Å². The molecule has 0 spiro atoms. The molecule has 0 unspecified atom stereocenters. The molecule has 0 radical (unpaired) electrons. The molecule has 0 aromatic carbocycles. The Morgan fingerprint density at radius 2 is 2.00 bits per heavy atom. The van der Waals surface area contributed by atoms with E-state index in [2.05, 4.69) is 0 Å². The fourth-order valence-electron chi connectivity index (χ4n) is 2.57. The van der Waals surface area contributed by atoms with Gasteiger partial charge in [-0.05, 0) is 18.1 Å². The molecule has 0 amide bonds. The van der Waals surface area contributed by atoms with Gasteiger partial charge in [0.05, 0.1) is 12.7 Å². The Morgan fingerprint density at radius 3 is 2.62 bits per heavy atom. The highest BCUT2D eigenvalue weighted by atomic mass is 16.3. The van der Waals surface area contributed by atoms with Crippen LogP contribution < -0.4 is 0 Å². The van der Waals surface area contributed by atoms with Gasteiger partial charge in [-0.25, -0.2) is 0 Å². The number of ketones is 1. The number of Topliss-reactive ketones (excluding diaryl/α,β-unsaturated/α-hetero) is 1. The van der Waals surface area contributed by atoms with E-state index in [0.29, 0.717) is 18.1 Å². The van der Waals surface area contributed by atoms with Crippen LogP contribution in [0.25, 0.3) is 0 Å². The molecule has 0 aliphatic heterocycles. The van der Waals surface area contributed by atoms with Gasteiger partial charge < -0.3 is 4.42 Å². The summed E-state index contributed by atoms with van der Waals surface area (Å²) in [5.74, 6) is 1.77. The average molecular weight is 220 g/mol. The summed E-state index contributed by atoms with van der Waals surface area (Å²) in [6, 6.07) is 3.72. The Hall–Kier alpha value is -1.05. The van der Waals surface area contributed by atoms with Crippen molar-refractivity contribution in [1.82, 2.24) is 0 Å². The van der Waals surface area contributed by atoms with Crippen LogP contribution in [0.2, 0.25) is 0 Å². The molecule has 1 aliphatic rings. The summed E-state index contributed by atoms with van der Waals surface area (Å²) in [6.45, 7) is 0. The number of carbonyl (C=O) groups is 1. The molecule has 1 heterocycles. The Balaban J connectivity index is 1.77. The number of carbonyl (C=O) groups excluding carboxylic acids is 1. The molecule has 88 valence electrons. The summed E-state index contributed by atoms with van der Waals surface area (Å²) in [5, 5.41) is 0. The lowest BCUT2D eigenvalue weighted by Crippen LogP contribution is -2.10. The Bertz CT molecular complexity index is 305. The first-order valence-electron chi connectivity index (χ1n) is 6.38. The van der Waals surface area contributed by atoms with Gasteiger partial charge in [0.2, 0.25) is 0 Å². The van der Waals surface area contributed by atoms with E-state index in [0.717, 1.165) is 12.2 Å². The average Bonchev–Trinajstić information content (AvgIpc) is 2.62. The van der Waals surface area contributed by atoms with Gasteiger partial charge in [0, 0.05) is 6.42 Å². The summed E-state index contributed by atoms with van der Waals surface area (Å²) in [5.41, 5.74) is 0. The van der Waals surface area contributed by atoms with Crippen LogP contribution in [0.3, 0.4) is 0 Å². The van der Waals surface area contributed by atoms with Crippen LogP contribution in [-0.4, -0.2) is 5.78 Å². The van der Waals surface area contributed by atoms with Gasteiger partial charge in [0.15, 0.2) is 0 Å². The van der Waals surface area contributed by atoms with E-state index in [1.807, 2.05) is 12.1 Å². The third-order valence-corrected chi connectivity index (χ3v) is 3.44. The van der Waals surface area contributed by atoms with Crippen LogP contribution in [0.5, 0.6) is 0 Å². The van der Waals surface area contributed by atoms with Crippen molar-refractivity contribution in [2.75, 3.05) is 0 Å². The lowest BCUT2D eigenvalue weighted by atomic mass is 9.93. The van der Waals surface area contributed by atoms with Crippen LogP contribution in [0.4, 0.5) is 0 Å². The molecule has 16 heavy (non-hydrogen) atoms.